The van der Waals surface area contributed by atoms with Gasteiger partial charge in [-0.2, -0.15) is 13.2 Å². The van der Waals surface area contributed by atoms with Crippen LogP contribution in [0.25, 0.3) is 0 Å². The molecule has 0 bridgehead atoms. The van der Waals surface area contributed by atoms with Crippen molar-refractivity contribution in [2.45, 2.75) is 12.7 Å². The number of rotatable bonds is 6. The van der Waals surface area contributed by atoms with Crippen molar-refractivity contribution in [3.63, 3.8) is 0 Å². The van der Waals surface area contributed by atoms with E-state index in [1.165, 1.54) is 0 Å². The van der Waals surface area contributed by atoms with E-state index in [-0.39, 0.29) is 12.5 Å². The van der Waals surface area contributed by atoms with Crippen LogP contribution in [0.1, 0.15) is 11.3 Å². The molecule has 0 radical (unpaired) electrons. The predicted octanol–water partition coefficient (Wildman–Crippen LogP) is 6.50. The highest BCUT2D eigenvalue weighted by Gasteiger charge is 2.34. The highest BCUT2D eigenvalue weighted by atomic mass is 35.5. The molecule has 1 heterocycles. The smallest absolute Gasteiger partial charge is 0.433 e. The first-order valence-corrected chi connectivity index (χ1v) is 10.2. The molecule has 0 fully saturated rings. The van der Waals surface area contributed by atoms with Crippen molar-refractivity contribution in [3.05, 3.63) is 112 Å². The van der Waals surface area contributed by atoms with Gasteiger partial charge in [0, 0.05) is 16.8 Å². The summed E-state index contributed by atoms with van der Waals surface area (Å²) in [5.41, 5.74) is -0.991. The average molecular weight is 472 g/mol. The van der Waals surface area contributed by atoms with E-state index < -0.39 is 17.4 Å². The van der Waals surface area contributed by atoms with Crippen molar-refractivity contribution < 1.29 is 17.9 Å². The van der Waals surface area contributed by atoms with Gasteiger partial charge in [0.05, 0.1) is 6.54 Å². The van der Waals surface area contributed by atoms with Crippen molar-refractivity contribution in [2.75, 3.05) is 5.32 Å². The van der Waals surface area contributed by atoms with Gasteiger partial charge in [-0.3, -0.25) is 9.36 Å². The van der Waals surface area contributed by atoms with Crippen molar-refractivity contribution in [3.8, 4) is 11.5 Å². The zero-order chi connectivity index (χ0) is 23.4. The fraction of sp³-hybridized carbons (Fsp3) is 0.0833. The van der Waals surface area contributed by atoms with E-state index in [2.05, 4.69) is 10.3 Å². The van der Waals surface area contributed by atoms with Gasteiger partial charge < -0.3 is 10.1 Å². The number of ether oxygens (including phenoxy) is 1. The van der Waals surface area contributed by atoms with Crippen LogP contribution in [0.5, 0.6) is 11.5 Å². The first-order chi connectivity index (χ1) is 15.8. The van der Waals surface area contributed by atoms with E-state index in [9.17, 15) is 18.0 Å². The van der Waals surface area contributed by atoms with Crippen LogP contribution in [0.2, 0.25) is 5.02 Å². The number of nitrogens with zero attached hydrogens (tertiary/aromatic N) is 2. The fourth-order valence-corrected chi connectivity index (χ4v) is 3.16. The third-order valence-corrected chi connectivity index (χ3v) is 4.89. The Morgan fingerprint density at radius 3 is 2.18 bits per heavy atom. The van der Waals surface area contributed by atoms with E-state index in [4.69, 9.17) is 16.3 Å². The van der Waals surface area contributed by atoms with Crippen LogP contribution < -0.4 is 15.6 Å². The largest absolute Gasteiger partial charge is 0.457 e. The number of halogens is 4. The van der Waals surface area contributed by atoms with Crippen LogP contribution in [0, 0.1) is 0 Å². The van der Waals surface area contributed by atoms with Gasteiger partial charge in [-0.15, -0.1) is 0 Å². The van der Waals surface area contributed by atoms with E-state index >= 15 is 0 Å². The van der Waals surface area contributed by atoms with Crippen LogP contribution in [-0.2, 0) is 12.7 Å². The number of hydrogen-bond donors (Lipinski definition) is 1. The Kier molecular flexibility index (Phi) is 6.37. The number of para-hydroxylation sites is 1. The Labute approximate surface area is 192 Å². The summed E-state index contributed by atoms with van der Waals surface area (Å²) < 4.78 is 46.7. The molecule has 1 aromatic heterocycles. The first kappa shape index (κ1) is 22.4. The predicted molar refractivity (Wildman–Crippen MR) is 120 cm³/mol. The highest BCUT2D eigenvalue weighted by molar-refractivity contribution is 6.30. The minimum atomic E-state index is -4.76. The third-order valence-electron chi connectivity index (χ3n) is 4.64. The maximum absolute atomic E-state index is 13.3. The molecule has 0 unspecified atom stereocenters. The molecule has 0 saturated heterocycles. The molecule has 1 N–H and O–H groups in total. The molecule has 0 spiro atoms. The van der Waals surface area contributed by atoms with Gasteiger partial charge in [0.1, 0.15) is 11.5 Å². The summed E-state index contributed by atoms with van der Waals surface area (Å²) in [6.07, 6.45) is -4.76. The zero-order valence-electron chi connectivity index (χ0n) is 17.0. The Morgan fingerprint density at radius 2 is 1.55 bits per heavy atom. The van der Waals surface area contributed by atoms with Crippen LogP contribution >= 0.6 is 11.6 Å². The second kappa shape index (κ2) is 9.38. The highest BCUT2D eigenvalue weighted by Crippen LogP contribution is 2.29. The lowest BCUT2D eigenvalue weighted by molar-refractivity contribution is -0.141. The minimum Gasteiger partial charge on any atom is -0.457 e. The van der Waals surface area contributed by atoms with Gasteiger partial charge in [0.25, 0.3) is 5.56 Å². The molecule has 0 aliphatic carbocycles. The molecule has 5 nitrogen and oxygen atoms in total. The van der Waals surface area contributed by atoms with Crippen molar-refractivity contribution >= 4 is 23.2 Å². The van der Waals surface area contributed by atoms with Crippen molar-refractivity contribution in [2.24, 2.45) is 0 Å². The van der Waals surface area contributed by atoms with E-state index in [0.717, 1.165) is 4.57 Å². The van der Waals surface area contributed by atoms with Crippen LogP contribution in [0.15, 0.2) is 89.7 Å². The molecule has 33 heavy (non-hydrogen) atoms. The molecular formula is C24H17ClF3N3O2. The Morgan fingerprint density at radius 1 is 0.909 bits per heavy atom. The SMILES string of the molecule is O=c1cc(C(F)(F)F)nc(Nc2ccc(Oc3ccccc3)cc2)n1Cc1ccc(Cl)cc1. The molecular weight excluding hydrogens is 455 g/mol. The normalized spacial score (nSPS) is 11.3. The summed E-state index contributed by atoms with van der Waals surface area (Å²) in [4.78, 5) is 16.2. The Bertz CT molecular complexity index is 1290. The van der Waals surface area contributed by atoms with Crippen molar-refractivity contribution in [1.29, 1.82) is 0 Å². The number of anilines is 2. The number of hydrogen-bond acceptors (Lipinski definition) is 4. The second-order valence-electron chi connectivity index (χ2n) is 7.08. The van der Waals surface area contributed by atoms with Crippen LogP contribution in [0.4, 0.5) is 24.8 Å². The van der Waals surface area contributed by atoms with Gasteiger partial charge in [0.15, 0.2) is 5.69 Å². The average Bonchev–Trinajstić information content (AvgIpc) is 2.78. The van der Waals surface area contributed by atoms with Gasteiger partial charge in [-0.1, -0.05) is 41.9 Å². The van der Waals surface area contributed by atoms with Gasteiger partial charge in [0.2, 0.25) is 5.95 Å². The molecule has 9 heteroatoms. The monoisotopic (exact) mass is 471 g/mol. The lowest BCUT2D eigenvalue weighted by Gasteiger charge is -2.16. The van der Waals surface area contributed by atoms with Gasteiger partial charge in [-0.25, -0.2) is 4.98 Å². The van der Waals surface area contributed by atoms with Gasteiger partial charge >= 0.3 is 6.18 Å². The number of alkyl halides is 3. The van der Waals surface area contributed by atoms with E-state index in [1.807, 2.05) is 18.2 Å². The Balaban J connectivity index is 1.64. The Hall–Kier alpha value is -3.78. The molecule has 168 valence electrons. The lowest BCUT2D eigenvalue weighted by Crippen LogP contribution is -2.27. The third kappa shape index (κ3) is 5.72. The molecule has 0 saturated carbocycles. The topological polar surface area (TPSA) is 56.1 Å². The number of nitrogens with one attached hydrogen (secondary N) is 1. The summed E-state index contributed by atoms with van der Waals surface area (Å²) in [5.74, 6) is 0.957. The molecule has 0 aliphatic heterocycles. The molecule has 0 aliphatic rings. The fourth-order valence-electron chi connectivity index (χ4n) is 3.03. The van der Waals surface area contributed by atoms with Crippen LogP contribution in [-0.4, -0.2) is 9.55 Å². The molecule has 0 amide bonds. The van der Waals surface area contributed by atoms with Crippen LogP contribution in [0.3, 0.4) is 0 Å². The van der Waals surface area contributed by atoms with Crippen molar-refractivity contribution in [1.82, 2.24) is 9.55 Å². The summed E-state index contributed by atoms with van der Waals surface area (Å²) in [7, 11) is 0. The second-order valence-corrected chi connectivity index (χ2v) is 7.51. The summed E-state index contributed by atoms with van der Waals surface area (Å²) in [5, 5.41) is 3.33. The summed E-state index contributed by atoms with van der Waals surface area (Å²) in [6.45, 7) is 0.0126. The number of benzene rings is 3. The summed E-state index contributed by atoms with van der Waals surface area (Å²) in [6, 6.07) is 22.8. The van der Waals surface area contributed by atoms with E-state index in [1.54, 1.807) is 60.7 Å². The quantitative estimate of drug-likeness (QED) is 0.349. The molecule has 4 rings (SSSR count). The van der Waals surface area contributed by atoms with E-state index in [0.29, 0.717) is 33.8 Å². The lowest BCUT2D eigenvalue weighted by atomic mass is 10.2. The number of aromatic nitrogens is 2. The molecule has 3 aromatic carbocycles. The first-order valence-electron chi connectivity index (χ1n) is 9.81. The maximum atomic E-state index is 13.3. The molecule has 4 aromatic rings. The minimum absolute atomic E-state index is 0.0126. The van der Waals surface area contributed by atoms with Gasteiger partial charge in [-0.05, 0) is 54.1 Å². The zero-order valence-corrected chi connectivity index (χ0v) is 17.8. The molecule has 0 atom stereocenters. The summed E-state index contributed by atoms with van der Waals surface area (Å²) >= 11 is 5.89. The standard InChI is InChI=1S/C24H17ClF3N3O2/c25-17-8-6-16(7-9-17)15-31-22(32)14-21(24(26,27)28)30-23(31)29-18-10-12-20(13-11-18)33-19-4-2-1-3-5-19/h1-14H,15H2,(H,29,30). The maximum Gasteiger partial charge on any atom is 0.433 e.